The van der Waals surface area contributed by atoms with Gasteiger partial charge in [-0.15, -0.1) is 0 Å². The van der Waals surface area contributed by atoms with Gasteiger partial charge in [-0.2, -0.15) is 0 Å². The zero-order chi connectivity index (χ0) is 14.5. The Hall–Kier alpha value is -1.06. The summed E-state index contributed by atoms with van der Waals surface area (Å²) in [4.78, 5) is 2.37. The highest BCUT2D eigenvalue weighted by atomic mass is 16.5. The van der Waals surface area contributed by atoms with E-state index in [1.54, 1.807) is 0 Å². The Bertz CT molecular complexity index is 433. The van der Waals surface area contributed by atoms with E-state index in [9.17, 15) is 5.11 Å². The zero-order valence-electron chi connectivity index (χ0n) is 12.9. The maximum absolute atomic E-state index is 10.1. The number of piperidine rings is 1. The number of aryl methyl sites for hydroxylation is 2. The molecule has 1 aliphatic heterocycles. The van der Waals surface area contributed by atoms with Crippen molar-refractivity contribution in [1.82, 2.24) is 4.90 Å². The van der Waals surface area contributed by atoms with Crippen LogP contribution in [0.1, 0.15) is 37.3 Å². The van der Waals surface area contributed by atoms with Gasteiger partial charge in [0.25, 0.3) is 0 Å². The van der Waals surface area contributed by atoms with Crippen LogP contribution in [-0.4, -0.2) is 41.8 Å². The third-order valence-electron chi connectivity index (χ3n) is 4.31. The molecule has 1 N–H and O–H groups in total. The first-order chi connectivity index (χ1) is 9.56. The number of rotatable bonds is 5. The molecule has 2 rings (SSSR count). The number of benzene rings is 1. The van der Waals surface area contributed by atoms with Gasteiger partial charge in [0.05, 0.1) is 0 Å². The van der Waals surface area contributed by atoms with Crippen molar-refractivity contribution in [2.75, 3.05) is 19.7 Å². The summed E-state index contributed by atoms with van der Waals surface area (Å²) >= 11 is 0. The molecule has 20 heavy (non-hydrogen) atoms. The van der Waals surface area contributed by atoms with Gasteiger partial charge in [-0.1, -0.05) is 12.5 Å². The summed E-state index contributed by atoms with van der Waals surface area (Å²) in [6.07, 6.45) is 3.38. The molecule has 0 aliphatic carbocycles. The van der Waals surface area contributed by atoms with Crippen molar-refractivity contribution in [3.05, 3.63) is 29.3 Å². The fourth-order valence-corrected chi connectivity index (χ4v) is 2.75. The Morgan fingerprint density at radius 1 is 1.30 bits per heavy atom. The highest BCUT2D eigenvalue weighted by Crippen LogP contribution is 2.18. The molecule has 112 valence electrons. The van der Waals surface area contributed by atoms with Crippen LogP contribution in [0.15, 0.2) is 18.2 Å². The molecule has 1 aromatic rings. The predicted octanol–water partition coefficient (Wildman–Crippen LogP) is 2.92. The molecular weight excluding hydrogens is 250 g/mol. The second-order valence-electron chi connectivity index (χ2n) is 6.05. The van der Waals surface area contributed by atoms with Gasteiger partial charge in [-0.05, 0) is 63.4 Å². The van der Waals surface area contributed by atoms with Crippen LogP contribution in [0.25, 0.3) is 0 Å². The van der Waals surface area contributed by atoms with Crippen LogP contribution in [-0.2, 0) is 0 Å². The Kier molecular flexibility index (Phi) is 5.44. The maximum Gasteiger partial charge on any atom is 0.119 e. The first kappa shape index (κ1) is 15.3. The van der Waals surface area contributed by atoms with Crippen molar-refractivity contribution in [3.8, 4) is 5.75 Å². The predicted molar refractivity (Wildman–Crippen MR) is 82.3 cm³/mol. The summed E-state index contributed by atoms with van der Waals surface area (Å²) in [5.41, 5.74) is 2.49. The molecule has 0 saturated carbocycles. The number of likely N-dealkylation sites (tertiary alicyclic amines) is 1. The largest absolute Gasteiger partial charge is 0.491 e. The summed E-state index contributed by atoms with van der Waals surface area (Å²) in [5.74, 6) is 0.846. The van der Waals surface area contributed by atoms with Crippen molar-refractivity contribution in [2.24, 2.45) is 0 Å². The standard InChI is InChI=1S/C17H27NO2/c1-13-7-8-17(10-14(13)2)20-12-16(19)11-18-9-5-4-6-15(18)3/h7-8,10,15-16,19H,4-6,9,11-12H2,1-3H3/t15-,16-/m1/s1. The van der Waals surface area contributed by atoms with E-state index < -0.39 is 6.10 Å². The van der Waals surface area contributed by atoms with Crippen molar-refractivity contribution in [3.63, 3.8) is 0 Å². The van der Waals surface area contributed by atoms with Gasteiger partial charge >= 0.3 is 0 Å². The van der Waals surface area contributed by atoms with Gasteiger partial charge in [0.15, 0.2) is 0 Å². The highest BCUT2D eigenvalue weighted by molar-refractivity contribution is 5.33. The average molecular weight is 277 g/mol. The van der Waals surface area contributed by atoms with E-state index in [1.165, 1.54) is 30.4 Å². The molecule has 0 spiro atoms. The van der Waals surface area contributed by atoms with E-state index in [0.29, 0.717) is 19.2 Å². The van der Waals surface area contributed by atoms with Crippen LogP contribution in [0.5, 0.6) is 5.75 Å². The normalized spacial score (nSPS) is 21.7. The van der Waals surface area contributed by atoms with Crippen LogP contribution < -0.4 is 4.74 Å². The number of nitrogens with zero attached hydrogens (tertiary/aromatic N) is 1. The second-order valence-corrected chi connectivity index (χ2v) is 6.05. The Morgan fingerprint density at radius 2 is 2.10 bits per heavy atom. The smallest absolute Gasteiger partial charge is 0.119 e. The molecule has 1 heterocycles. The van der Waals surface area contributed by atoms with E-state index in [4.69, 9.17) is 4.74 Å². The van der Waals surface area contributed by atoms with Gasteiger partial charge in [-0.3, -0.25) is 4.90 Å². The summed E-state index contributed by atoms with van der Waals surface area (Å²) < 4.78 is 5.70. The monoisotopic (exact) mass is 277 g/mol. The average Bonchev–Trinajstić information content (AvgIpc) is 2.43. The van der Waals surface area contributed by atoms with E-state index in [0.717, 1.165) is 12.3 Å². The molecule has 3 heteroatoms. The number of aliphatic hydroxyl groups is 1. The lowest BCUT2D eigenvalue weighted by atomic mass is 10.0. The molecule has 0 radical (unpaired) electrons. The summed E-state index contributed by atoms with van der Waals surface area (Å²) in [6.45, 7) is 8.59. The maximum atomic E-state index is 10.1. The summed E-state index contributed by atoms with van der Waals surface area (Å²) in [5, 5.41) is 10.1. The molecule has 1 aromatic carbocycles. The Balaban J connectivity index is 1.79. The van der Waals surface area contributed by atoms with Crippen LogP contribution in [0.3, 0.4) is 0 Å². The van der Waals surface area contributed by atoms with Crippen LogP contribution >= 0.6 is 0 Å². The van der Waals surface area contributed by atoms with Crippen LogP contribution in [0.2, 0.25) is 0 Å². The minimum atomic E-state index is -0.419. The highest BCUT2D eigenvalue weighted by Gasteiger charge is 2.20. The molecule has 1 saturated heterocycles. The minimum Gasteiger partial charge on any atom is -0.491 e. The Labute approximate surface area is 122 Å². The van der Waals surface area contributed by atoms with Gasteiger partial charge in [-0.25, -0.2) is 0 Å². The second kappa shape index (κ2) is 7.09. The van der Waals surface area contributed by atoms with E-state index in [2.05, 4.69) is 31.7 Å². The number of hydrogen-bond donors (Lipinski definition) is 1. The third-order valence-corrected chi connectivity index (χ3v) is 4.31. The molecule has 1 fully saturated rings. The van der Waals surface area contributed by atoms with Crippen molar-refractivity contribution < 1.29 is 9.84 Å². The summed E-state index contributed by atoms with van der Waals surface area (Å²) in [6, 6.07) is 6.65. The molecule has 3 nitrogen and oxygen atoms in total. The fraction of sp³-hybridized carbons (Fsp3) is 0.647. The van der Waals surface area contributed by atoms with Crippen molar-refractivity contribution in [1.29, 1.82) is 0 Å². The Morgan fingerprint density at radius 3 is 2.80 bits per heavy atom. The van der Waals surface area contributed by atoms with Crippen LogP contribution in [0, 0.1) is 13.8 Å². The molecule has 0 amide bonds. The number of β-amino-alcohol motifs (C(OH)–C–C–N with tert-alkyl or cyclic N) is 1. The lowest BCUT2D eigenvalue weighted by Crippen LogP contribution is -2.43. The van der Waals surface area contributed by atoms with Crippen LogP contribution in [0.4, 0.5) is 0 Å². The number of aliphatic hydroxyl groups excluding tert-OH is 1. The van der Waals surface area contributed by atoms with E-state index >= 15 is 0 Å². The number of hydrogen-bond acceptors (Lipinski definition) is 3. The van der Waals surface area contributed by atoms with Gasteiger partial charge < -0.3 is 9.84 Å². The molecule has 0 unspecified atom stereocenters. The van der Waals surface area contributed by atoms with Gasteiger partial charge in [0.1, 0.15) is 18.5 Å². The minimum absolute atomic E-state index is 0.367. The molecule has 2 atom stereocenters. The molecule has 0 aromatic heterocycles. The molecular formula is C17H27NO2. The topological polar surface area (TPSA) is 32.7 Å². The third kappa shape index (κ3) is 4.22. The SMILES string of the molecule is Cc1ccc(OC[C@H](O)CN2CCCC[C@H]2C)cc1C. The molecule has 0 bridgehead atoms. The quantitative estimate of drug-likeness (QED) is 0.898. The van der Waals surface area contributed by atoms with Crippen molar-refractivity contribution in [2.45, 2.75) is 52.2 Å². The van der Waals surface area contributed by atoms with Gasteiger partial charge in [0.2, 0.25) is 0 Å². The van der Waals surface area contributed by atoms with Crippen molar-refractivity contribution >= 4 is 0 Å². The lowest BCUT2D eigenvalue weighted by Gasteiger charge is -2.34. The summed E-state index contributed by atoms with van der Waals surface area (Å²) in [7, 11) is 0. The zero-order valence-corrected chi connectivity index (χ0v) is 12.9. The number of ether oxygens (including phenoxy) is 1. The van der Waals surface area contributed by atoms with Gasteiger partial charge in [0, 0.05) is 12.6 Å². The first-order valence-electron chi connectivity index (χ1n) is 7.68. The lowest BCUT2D eigenvalue weighted by molar-refractivity contribution is 0.0437. The first-order valence-corrected chi connectivity index (χ1v) is 7.68. The molecule has 1 aliphatic rings. The van der Waals surface area contributed by atoms with E-state index in [1.807, 2.05) is 12.1 Å². The van der Waals surface area contributed by atoms with E-state index in [-0.39, 0.29) is 0 Å². The fourth-order valence-electron chi connectivity index (χ4n) is 2.75.